The van der Waals surface area contributed by atoms with E-state index in [4.69, 9.17) is 14.2 Å². The topological polar surface area (TPSA) is 50.8 Å². The maximum absolute atomic E-state index is 12.7. The van der Waals surface area contributed by atoms with Crippen molar-refractivity contribution in [1.82, 2.24) is 0 Å². The Morgan fingerprint density at radius 1 is 1.14 bits per heavy atom. The Morgan fingerprint density at radius 2 is 1.76 bits per heavy atom. The molecule has 0 aromatic heterocycles. The van der Waals surface area contributed by atoms with Gasteiger partial charge in [-0.1, -0.05) is 12.8 Å². The Morgan fingerprint density at radius 3 is 2.29 bits per heavy atom. The fraction of sp³-hybridized carbons (Fsp3) is 0.533. The van der Waals surface area contributed by atoms with Crippen molar-refractivity contribution in [2.75, 3.05) is 21.3 Å². The van der Waals surface area contributed by atoms with Gasteiger partial charge in [0.1, 0.15) is 5.75 Å². The maximum Gasteiger partial charge on any atom is 0.171 e. The number of hydrogen-bond acceptors (Lipinski definition) is 4. The summed E-state index contributed by atoms with van der Waals surface area (Å²) >= 11 is 3.43. The molecule has 2 rings (SSSR count). The van der Waals surface area contributed by atoms with E-state index in [1.165, 1.54) is 20.0 Å². The summed E-state index contributed by atoms with van der Waals surface area (Å²) in [7, 11) is 5.46. The van der Waals surface area contributed by atoms with Crippen LogP contribution in [0.3, 0.4) is 0 Å². The third-order valence-electron chi connectivity index (χ3n) is 3.62. The Labute approximate surface area is 135 Å². The second-order valence-corrected chi connectivity index (χ2v) is 7.12. The highest BCUT2D eigenvalue weighted by atomic mass is 79.9. The summed E-state index contributed by atoms with van der Waals surface area (Å²) in [6, 6.07) is 1.75. The van der Waals surface area contributed by atoms with Crippen molar-refractivity contribution >= 4 is 29.6 Å². The molecule has 1 aliphatic carbocycles. The van der Waals surface area contributed by atoms with Gasteiger partial charge in [-0.15, -0.1) is 13.7 Å². The van der Waals surface area contributed by atoms with Crippen LogP contribution in [-0.4, -0.2) is 32.5 Å². The molecule has 21 heavy (non-hydrogen) atoms. The van der Waals surface area contributed by atoms with E-state index in [-0.39, 0.29) is 5.48 Å². The van der Waals surface area contributed by atoms with Gasteiger partial charge in [-0.05, 0) is 34.4 Å². The van der Waals surface area contributed by atoms with E-state index in [0.29, 0.717) is 32.9 Å². The van der Waals surface area contributed by atoms with Crippen LogP contribution in [0.15, 0.2) is 10.5 Å². The quantitative estimate of drug-likeness (QED) is 0.743. The zero-order chi connectivity index (χ0) is 15.4. The van der Waals surface area contributed by atoms with Crippen LogP contribution in [0.25, 0.3) is 0 Å². The third kappa shape index (κ3) is 3.53. The van der Waals surface area contributed by atoms with Crippen molar-refractivity contribution in [2.45, 2.75) is 31.3 Å². The number of hydrogen-bond donors (Lipinski definition) is 0. The van der Waals surface area contributed by atoms with Crippen LogP contribution < -0.4 is 19.3 Å². The van der Waals surface area contributed by atoms with Crippen molar-refractivity contribution in [3.05, 3.63) is 16.1 Å². The zero-order valence-electron chi connectivity index (χ0n) is 12.4. The molecular formula is C15H19BrO4P-. The molecule has 1 aromatic carbocycles. The van der Waals surface area contributed by atoms with Gasteiger partial charge in [0.05, 0.1) is 31.4 Å². The average molecular weight is 374 g/mol. The Hall–Kier alpha value is -0.770. The predicted octanol–water partition coefficient (Wildman–Crippen LogP) is 3.20. The molecule has 0 aliphatic heterocycles. The fourth-order valence-electron chi connectivity index (χ4n) is 2.60. The lowest BCUT2D eigenvalue weighted by Crippen LogP contribution is -2.20. The molecule has 0 heterocycles. The predicted molar refractivity (Wildman–Crippen MR) is 87.1 cm³/mol. The van der Waals surface area contributed by atoms with Gasteiger partial charge in [-0.2, -0.15) is 0 Å². The third-order valence-corrected chi connectivity index (χ3v) is 5.55. The number of rotatable bonds is 5. The summed E-state index contributed by atoms with van der Waals surface area (Å²) in [5.41, 5.74) is 0.923. The lowest BCUT2D eigenvalue weighted by atomic mass is 10.1. The number of methoxy groups -OCH3 is 3. The number of benzene rings is 1. The molecule has 1 aliphatic rings. The fourth-order valence-corrected chi connectivity index (χ4v) is 4.46. The molecule has 4 nitrogen and oxygen atoms in total. The van der Waals surface area contributed by atoms with E-state index >= 15 is 0 Å². The molecule has 116 valence electrons. The summed E-state index contributed by atoms with van der Waals surface area (Å²) in [6.07, 6.45) is 4.65. The van der Waals surface area contributed by atoms with Crippen LogP contribution in [-0.2, 0) is 0 Å². The minimum atomic E-state index is 0.0233. The van der Waals surface area contributed by atoms with Crippen molar-refractivity contribution in [1.29, 1.82) is 0 Å². The summed E-state index contributed by atoms with van der Waals surface area (Å²) in [4.78, 5) is 0. The van der Waals surface area contributed by atoms with Crippen molar-refractivity contribution in [2.24, 2.45) is 0 Å². The maximum atomic E-state index is 12.7. The van der Waals surface area contributed by atoms with Crippen molar-refractivity contribution in [3.8, 4) is 17.2 Å². The summed E-state index contributed by atoms with van der Waals surface area (Å²) in [5, 5.41) is 12.7. The van der Waals surface area contributed by atoms with Crippen LogP contribution in [0.2, 0.25) is 0 Å². The van der Waals surface area contributed by atoms with E-state index in [0.717, 1.165) is 21.0 Å². The standard InChI is InChI=1S/C15H20BrO4P/c1-18-11-8-10(16)13(19-2)12(14(11)20-3)15(17)21-9-6-4-5-7-9/h8-9,17H,4-7H2,1-3H3/p-1. The first-order valence-corrected chi connectivity index (χ1v) is 8.61. The van der Waals surface area contributed by atoms with Gasteiger partial charge >= 0.3 is 0 Å². The molecule has 0 bridgehead atoms. The highest BCUT2D eigenvalue weighted by molar-refractivity contribution is 9.10. The largest absolute Gasteiger partial charge is 0.823 e. The van der Waals surface area contributed by atoms with Crippen LogP contribution in [0.1, 0.15) is 31.2 Å². The van der Waals surface area contributed by atoms with E-state index in [9.17, 15) is 5.11 Å². The second-order valence-electron chi connectivity index (χ2n) is 4.87. The highest BCUT2D eigenvalue weighted by Gasteiger charge is 2.20. The zero-order valence-corrected chi connectivity index (χ0v) is 14.9. The lowest BCUT2D eigenvalue weighted by Gasteiger charge is -2.23. The molecule has 1 saturated carbocycles. The minimum Gasteiger partial charge on any atom is -0.823 e. The molecule has 0 spiro atoms. The van der Waals surface area contributed by atoms with Crippen LogP contribution in [0.5, 0.6) is 17.2 Å². The van der Waals surface area contributed by atoms with E-state index in [1.54, 1.807) is 20.3 Å². The minimum absolute atomic E-state index is 0.0233. The van der Waals surface area contributed by atoms with Crippen molar-refractivity contribution in [3.63, 3.8) is 0 Å². The van der Waals surface area contributed by atoms with Gasteiger partial charge in [-0.3, -0.25) is 0 Å². The van der Waals surface area contributed by atoms with E-state index < -0.39 is 0 Å². The molecular weight excluding hydrogens is 355 g/mol. The Kier molecular flexibility index (Phi) is 5.91. The van der Waals surface area contributed by atoms with Gasteiger partial charge in [0.25, 0.3) is 0 Å². The second kappa shape index (κ2) is 7.48. The van der Waals surface area contributed by atoms with Gasteiger partial charge < -0.3 is 19.3 Å². The normalized spacial score (nSPS) is 16.1. The lowest BCUT2D eigenvalue weighted by molar-refractivity contribution is -0.207. The Bertz CT molecular complexity index is 539. The van der Waals surface area contributed by atoms with E-state index in [2.05, 4.69) is 15.9 Å². The smallest absolute Gasteiger partial charge is 0.171 e. The number of ether oxygens (including phenoxy) is 3. The summed E-state index contributed by atoms with van der Waals surface area (Å²) in [5.74, 6) is 1.46. The van der Waals surface area contributed by atoms with Crippen LogP contribution in [0, 0.1) is 0 Å². The molecule has 0 unspecified atom stereocenters. The number of halogens is 1. The van der Waals surface area contributed by atoms with Gasteiger partial charge in [0.15, 0.2) is 11.5 Å². The first-order valence-electron chi connectivity index (χ1n) is 6.86. The average Bonchev–Trinajstić information content (AvgIpc) is 2.98. The summed E-state index contributed by atoms with van der Waals surface area (Å²) < 4.78 is 16.8. The molecule has 0 N–H and O–H groups in total. The van der Waals surface area contributed by atoms with E-state index in [1.807, 2.05) is 0 Å². The van der Waals surface area contributed by atoms with Crippen molar-refractivity contribution < 1.29 is 19.3 Å². The first kappa shape index (κ1) is 16.6. The van der Waals surface area contributed by atoms with Crippen LogP contribution >= 0.6 is 24.1 Å². The van der Waals surface area contributed by atoms with Gasteiger partial charge in [0, 0.05) is 6.07 Å². The highest BCUT2D eigenvalue weighted by Crippen LogP contribution is 2.44. The summed E-state index contributed by atoms with van der Waals surface area (Å²) in [6.45, 7) is 0. The molecule has 6 heteroatoms. The molecule has 0 amide bonds. The molecule has 1 aromatic rings. The molecule has 0 saturated heterocycles. The SMILES string of the molecule is COc1cc(Br)c(OC)c(C([O-])=PC2CCCC2)c1OC. The monoisotopic (exact) mass is 373 g/mol. The van der Waals surface area contributed by atoms with Crippen LogP contribution in [0.4, 0.5) is 0 Å². The Balaban J connectivity index is 2.55. The molecule has 1 fully saturated rings. The molecule has 0 radical (unpaired) electrons. The van der Waals surface area contributed by atoms with Gasteiger partial charge in [0.2, 0.25) is 0 Å². The first-order chi connectivity index (χ1) is 10.1. The molecule has 0 atom stereocenters. The van der Waals surface area contributed by atoms with Gasteiger partial charge in [-0.25, -0.2) is 0 Å².